The first-order valence-electron chi connectivity index (χ1n) is 27.4. The van der Waals surface area contributed by atoms with Crippen LogP contribution in [0.25, 0.3) is 33.1 Å². The van der Waals surface area contributed by atoms with E-state index in [1.807, 2.05) is 0 Å². The lowest BCUT2D eigenvalue weighted by Gasteiger charge is -2.51. The first-order chi connectivity index (χ1) is 35.3. The van der Waals surface area contributed by atoms with Crippen LogP contribution in [0.1, 0.15) is 134 Å². The van der Waals surface area contributed by atoms with Crippen LogP contribution < -0.4 is 31.1 Å². The number of fused-ring (bicyclic) bond motifs is 13. The van der Waals surface area contributed by atoms with Crippen LogP contribution in [0.4, 0.5) is 45.5 Å². The zero-order chi connectivity index (χ0) is 51.2. The molecule has 2 unspecified atom stereocenters. The van der Waals surface area contributed by atoms with Gasteiger partial charge >= 0.3 is 0 Å². The summed E-state index contributed by atoms with van der Waals surface area (Å²) in [6.45, 7) is 28.8. The maximum Gasteiger partial charge on any atom is 0.252 e. The van der Waals surface area contributed by atoms with Crippen molar-refractivity contribution in [1.29, 1.82) is 0 Å². The summed E-state index contributed by atoms with van der Waals surface area (Å²) >= 11 is 0. The first kappa shape index (κ1) is 45.6. The molecule has 2 atom stereocenters. The van der Waals surface area contributed by atoms with Crippen LogP contribution in [0, 0.1) is 13.8 Å². The number of furan rings is 1. The molecule has 1 fully saturated rings. The van der Waals surface area contributed by atoms with E-state index in [1.54, 1.807) is 0 Å². The second-order valence-electron chi connectivity index (χ2n) is 25.9. The van der Waals surface area contributed by atoms with E-state index in [9.17, 15) is 0 Å². The van der Waals surface area contributed by atoms with Crippen molar-refractivity contribution in [2.75, 3.05) is 14.7 Å². The van der Waals surface area contributed by atoms with Crippen LogP contribution in [-0.2, 0) is 21.7 Å². The highest BCUT2D eigenvalue weighted by Gasteiger charge is 2.59. The predicted molar refractivity (Wildman–Crippen MR) is 315 cm³/mol. The van der Waals surface area contributed by atoms with Gasteiger partial charge in [0.25, 0.3) is 6.71 Å². The van der Waals surface area contributed by atoms with Crippen LogP contribution in [0.15, 0.2) is 150 Å². The monoisotopic (exact) mass is 966 g/mol. The number of hydrogen-bond donors (Lipinski definition) is 0. The molecule has 4 nitrogen and oxygen atoms in total. The van der Waals surface area contributed by atoms with E-state index in [0.29, 0.717) is 0 Å². The SMILES string of the molecule is Cc1cc(C)c2c(c1)N(c1cc3c4c(c1)N(c1ccc5c(c1)oc1ccccc15)c1cc(C(C)(C)C)ccc1B4c1ccc(C(C)(C)C)cc1N3c1ccc3c(c1)C(C)(C)c1ccccc1-3)C1(C)CCCCC21C. The molecule has 9 aromatic rings. The van der Waals surface area contributed by atoms with Gasteiger partial charge in [-0.1, -0.05) is 154 Å². The lowest BCUT2D eigenvalue weighted by atomic mass is 9.33. The van der Waals surface area contributed by atoms with E-state index in [-0.39, 0.29) is 33.9 Å². The fraction of sp³-hybridized carbons (Fsp3) is 0.304. The Morgan fingerprint density at radius 3 is 1.78 bits per heavy atom. The van der Waals surface area contributed by atoms with Gasteiger partial charge in [-0.05, 0) is 172 Å². The molecule has 14 rings (SSSR count). The zero-order valence-electron chi connectivity index (χ0n) is 45.5. The summed E-state index contributed by atoms with van der Waals surface area (Å²) in [7, 11) is 0. The highest BCUT2D eigenvalue weighted by molar-refractivity contribution is 7.00. The van der Waals surface area contributed by atoms with Gasteiger partial charge in [-0.2, -0.15) is 0 Å². The van der Waals surface area contributed by atoms with Crippen LogP contribution >= 0.6 is 0 Å². The third kappa shape index (κ3) is 6.10. The largest absolute Gasteiger partial charge is 0.456 e. The van der Waals surface area contributed by atoms with Crippen molar-refractivity contribution < 1.29 is 4.42 Å². The molecular weight excluding hydrogens is 898 g/mol. The van der Waals surface area contributed by atoms with E-state index >= 15 is 0 Å². The van der Waals surface area contributed by atoms with Gasteiger partial charge in [0, 0.05) is 73.2 Å². The second-order valence-corrected chi connectivity index (χ2v) is 25.9. The van der Waals surface area contributed by atoms with Gasteiger partial charge in [-0.3, -0.25) is 0 Å². The summed E-state index contributed by atoms with van der Waals surface area (Å²) in [5.41, 5.74) is 27.5. The molecule has 368 valence electrons. The standard InChI is InChI=1S/C69H68BN3O/c1-41-33-42(2)63-58(34-41)73(69(12)32-18-17-31-68(63,69)11)47-38-59-64-60(39-47)72(46-26-28-51-50-20-14-16-22-61(50)74-62(51)40-46)57-36-44(66(6,7)8)24-30-55(57)70(64)54-29-23-43(65(3,4)5)35-56(54)71(59)45-25-27-49-48-19-13-15-21-52(48)67(9,10)53(49)37-45/h13-16,19-30,33-40H,17-18,31-32H2,1-12H3. The van der Waals surface area contributed by atoms with Crippen LogP contribution in [0.3, 0.4) is 0 Å². The number of nitrogens with zero attached hydrogens (tertiary/aromatic N) is 3. The third-order valence-electron chi connectivity index (χ3n) is 19.0. The van der Waals surface area contributed by atoms with Gasteiger partial charge in [0.15, 0.2) is 0 Å². The van der Waals surface area contributed by atoms with Gasteiger partial charge in [0.05, 0.1) is 5.54 Å². The summed E-state index contributed by atoms with van der Waals surface area (Å²) in [6, 6.07) is 56.8. The van der Waals surface area contributed by atoms with E-state index in [2.05, 4.69) is 243 Å². The minimum absolute atomic E-state index is 0.0227. The average molecular weight is 966 g/mol. The fourth-order valence-electron chi connectivity index (χ4n) is 15.1. The summed E-state index contributed by atoms with van der Waals surface area (Å²) in [5, 5.41) is 2.28. The molecule has 0 saturated heterocycles. The molecule has 8 aromatic carbocycles. The van der Waals surface area contributed by atoms with Crippen LogP contribution in [-0.4, -0.2) is 12.3 Å². The Kier molecular flexibility index (Phi) is 9.30. The van der Waals surface area contributed by atoms with Gasteiger partial charge in [0.2, 0.25) is 0 Å². The Hall–Kier alpha value is -6.98. The van der Waals surface area contributed by atoms with Gasteiger partial charge in [0.1, 0.15) is 11.2 Å². The van der Waals surface area contributed by atoms with Crippen molar-refractivity contribution in [3.63, 3.8) is 0 Å². The van der Waals surface area contributed by atoms with Gasteiger partial charge < -0.3 is 19.1 Å². The third-order valence-corrected chi connectivity index (χ3v) is 19.0. The number of hydrogen-bond acceptors (Lipinski definition) is 4. The smallest absolute Gasteiger partial charge is 0.252 e. The number of para-hydroxylation sites is 1. The van der Waals surface area contributed by atoms with Gasteiger partial charge in [-0.25, -0.2) is 0 Å². The minimum atomic E-state index is -0.164. The normalized spacial score (nSPS) is 20.1. The summed E-state index contributed by atoms with van der Waals surface area (Å²) < 4.78 is 6.76. The lowest BCUT2D eigenvalue weighted by molar-refractivity contribution is 0.194. The topological polar surface area (TPSA) is 22.9 Å². The van der Waals surface area contributed by atoms with E-state index in [4.69, 9.17) is 4.42 Å². The number of anilines is 8. The van der Waals surface area contributed by atoms with Crippen molar-refractivity contribution in [2.24, 2.45) is 0 Å². The zero-order valence-corrected chi connectivity index (χ0v) is 45.5. The van der Waals surface area contributed by atoms with Crippen molar-refractivity contribution in [3.05, 3.63) is 185 Å². The lowest BCUT2D eigenvalue weighted by Crippen LogP contribution is -2.61. The molecule has 0 amide bonds. The number of aryl methyl sites for hydroxylation is 2. The summed E-state index contributed by atoms with van der Waals surface area (Å²) in [5.74, 6) is 0. The Balaban J connectivity index is 1.12. The molecule has 3 aliphatic heterocycles. The molecule has 0 radical (unpaired) electrons. The molecule has 0 N–H and O–H groups in total. The van der Waals surface area contributed by atoms with Crippen molar-refractivity contribution >= 4 is 90.5 Å². The molecule has 1 aromatic heterocycles. The van der Waals surface area contributed by atoms with E-state index in [0.717, 1.165) is 34.0 Å². The molecule has 1 saturated carbocycles. The highest BCUT2D eigenvalue weighted by atomic mass is 16.3. The summed E-state index contributed by atoms with van der Waals surface area (Å²) in [4.78, 5) is 8.13. The minimum Gasteiger partial charge on any atom is -0.456 e. The average Bonchev–Trinajstić information content (AvgIpc) is 3.93. The Bertz CT molecular complexity index is 3900. The predicted octanol–water partition coefficient (Wildman–Crippen LogP) is 16.9. The molecule has 74 heavy (non-hydrogen) atoms. The maximum absolute atomic E-state index is 6.76. The van der Waals surface area contributed by atoms with Crippen molar-refractivity contribution in [3.8, 4) is 11.1 Å². The molecule has 5 heteroatoms. The Morgan fingerprint density at radius 1 is 0.500 bits per heavy atom. The van der Waals surface area contributed by atoms with E-state index < -0.39 is 0 Å². The molecule has 0 bridgehead atoms. The highest BCUT2D eigenvalue weighted by Crippen LogP contribution is 2.63. The van der Waals surface area contributed by atoms with E-state index in [1.165, 1.54) is 126 Å². The molecule has 0 spiro atoms. The van der Waals surface area contributed by atoms with Crippen LogP contribution in [0.2, 0.25) is 0 Å². The molecule has 5 aliphatic rings. The second kappa shape index (κ2) is 15.1. The first-order valence-corrected chi connectivity index (χ1v) is 27.4. The Morgan fingerprint density at radius 2 is 1.09 bits per heavy atom. The van der Waals surface area contributed by atoms with Gasteiger partial charge in [-0.15, -0.1) is 0 Å². The summed E-state index contributed by atoms with van der Waals surface area (Å²) in [6.07, 6.45) is 4.75. The molecule has 2 aliphatic carbocycles. The molecular formula is C69H68BN3O. The molecule has 4 heterocycles. The fourth-order valence-corrected chi connectivity index (χ4v) is 15.1. The van der Waals surface area contributed by atoms with Crippen LogP contribution in [0.5, 0.6) is 0 Å². The Labute approximate surface area is 439 Å². The quantitative estimate of drug-likeness (QED) is 0.165. The number of benzene rings is 8. The number of rotatable bonds is 3. The van der Waals surface area contributed by atoms with Crippen molar-refractivity contribution in [2.45, 2.75) is 136 Å². The van der Waals surface area contributed by atoms with Crippen molar-refractivity contribution in [1.82, 2.24) is 0 Å². The maximum atomic E-state index is 6.76.